The lowest BCUT2D eigenvalue weighted by atomic mass is 9.97. The van der Waals surface area contributed by atoms with E-state index in [2.05, 4.69) is 39.3 Å². The molecule has 16 heavy (non-hydrogen) atoms. The highest BCUT2D eigenvalue weighted by atomic mass is 79.9. The van der Waals surface area contributed by atoms with Crippen LogP contribution in [0.3, 0.4) is 0 Å². The van der Waals surface area contributed by atoms with Crippen LogP contribution in [0.25, 0.3) is 0 Å². The first-order valence-electron chi connectivity index (χ1n) is 6.31. The van der Waals surface area contributed by atoms with Crippen molar-refractivity contribution in [1.29, 1.82) is 0 Å². The highest BCUT2D eigenvalue weighted by Crippen LogP contribution is 2.23. The first kappa shape index (κ1) is 12.2. The highest BCUT2D eigenvalue weighted by molar-refractivity contribution is 9.09. The molecular formula is C13H21BrN2. The van der Waals surface area contributed by atoms with Crippen LogP contribution in [0.15, 0.2) is 6.33 Å². The normalized spacial score (nSPS) is 17.5. The molecule has 0 N–H and O–H groups in total. The lowest BCUT2D eigenvalue weighted by Gasteiger charge is -2.21. The highest BCUT2D eigenvalue weighted by Gasteiger charge is 2.18. The molecule has 0 aliphatic heterocycles. The molecule has 1 aromatic heterocycles. The number of nitrogens with zero attached hydrogens (tertiary/aromatic N) is 2. The minimum atomic E-state index is 0.709. The molecule has 1 heterocycles. The molecule has 0 aromatic carbocycles. The number of hydrogen-bond donors (Lipinski definition) is 0. The first-order chi connectivity index (χ1) is 7.72. The van der Waals surface area contributed by atoms with E-state index in [1.54, 1.807) is 0 Å². The largest absolute Gasteiger partial charge is 0.334 e. The minimum absolute atomic E-state index is 0.709. The van der Waals surface area contributed by atoms with Crippen molar-refractivity contribution in [3.05, 3.63) is 17.7 Å². The van der Waals surface area contributed by atoms with E-state index in [0.29, 0.717) is 5.92 Å². The molecule has 1 aliphatic carbocycles. The third kappa shape index (κ3) is 2.50. The van der Waals surface area contributed by atoms with Gasteiger partial charge in [-0.25, -0.2) is 4.98 Å². The monoisotopic (exact) mass is 284 g/mol. The fourth-order valence-electron chi connectivity index (χ4n) is 2.38. The Kier molecular flexibility index (Phi) is 4.06. The number of alkyl halides is 1. The van der Waals surface area contributed by atoms with Crippen LogP contribution in [0.2, 0.25) is 0 Å². The summed E-state index contributed by atoms with van der Waals surface area (Å²) < 4.78 is 2.39. The Hall–Kier alpha value is -0.310. The van der Waals surface area contributed by atoms with Crippen molar-refractivity contribution in [2.45, 2.75) is 46.1 Å². The van der Waals surface area contributed by atoms with Gasteiger partial charge in [-0.2, -0.15) is 0 Å². The van der Waals surface area contributed by atoms with Gasteiger partial charge in [-0.1, -0.05) is 29.8 Å². The molecular weight excluding hydrogens is 264 g/mol. The van der Waals surface area contributed by atoms with Gasteiger partial charge in [0, 0.05) is 17.6 Å². The molecule has 0 fully saturated rings. The van der Waals surface area contributed by atoms with Crippen molar-refractivity contribution in [2.75, 3.05) is 5.33 Å². The zero-order valence-corrected chi connectivity index (χ0v) is 11.8. The topological polar surface area (TPSA) is 17.8 Å². The van der Waals surface area contributed by atoms with Crippen LogP contribution in [0, 0.1) is 11.8 Å². The third-order valence-electron chi connectivity index (χ3n) is 3.68. The molecule has 1 unspecified atom stereocenters. The Bertz CT molecular complexity index is 344. The van der Waals surface area contributed by atoms with E-state index >= 15 is 0 Å². The number of rotatable bonds is 4. The van der Waals surface area contributed by atoms with Crippen LogP contribution < -0.4 is 0 Å². The summed E-state index contributed by atoms with van der Waals surface area (Å²) in [4.78, 5) is 4.55. The van der Waals surface area contributed by atoms with E-state index in [0.717, 1.165) is 17.8 Å². The fourth-order valence-corrected chi connectivity index (χ4v) is 3.33. The van der Waals surface area contributed by atoms with Gasteiger partial charge in [0.05, 0.1) is 12.0 Å². The standard InChI is InChI=1S/C13H21BrN2/c1-10(2)11(7-14)8-16-9-15-12-5-3-4-6-13(12)16/h9-11H,3-8H2,1-2H3. The van der Waals surface area contributed by atoms with Crippen molar-refractivity contribution >= 4 is 15.9 Å². The fraction of sp³-hybridized carbons (Fsp3) is 0.769. The lowest BCUT2D eigenvalue weighted by Crippen LogP contribution is -2.19. The van der Waals surface area contributed by atoms with Crippen LogP contribution in [-0.2, 0) is 19.4 Å². The van der Waals surface area contributed by atoms with Crippen LogP contribution >= 0.6 is 15.9 Å². The van der Waals surface area contributed by atoms with Crippen LogP contribution in [0.4, 0.5) is 0 Å². The van der Waals surface area contributed by atoms with Gasteiger partial charge in [0.1, 0.15) is 0 Å². The zero-order valence-electron chi connectivity index (χ0n) is 10.2. The van der Waals surface area contributed by atoms with Crippen molar-refractivity contribution < 1.29 is 0 Å². The molecule has 2 rings (SSSR count). The molecule has 3 heteroatoms. The molecule has 2 nitrogen and oxygen atoms in total. The summed E-state index contributed by atoms with van der Waals surface area (Å²) in [6.45, 7) is 5.72. The molecule has 0 saturated carbocycles. The average molecular weight is 285 g/mol. The summed E-state index contributed by atoms with van der Waals surface area (Å²) in [5.41, 5.74) is 2.85. The van der Waals surface area contributed by atoms with Crippen LogP contribution in [-0.4, -0.2) is 14.9 Å². The van der Waals surface area contributed by atoms with Crippen molar-refractivity contribution in [3.8, 4) is 0 Å². The summed E-state index contributed by atoms with van der Waals surface area (Å²) >= 11 is 3.62. The maximum Gasteiger partial charge on any atom is 0.0951 e. The quantitative estimate of drug-likeness (QED) is 0.775. The van der Waals surface area contributed by atoms with Crippen molar-refractivity contribution in [2.24, 2.45) is 11.8 Å². The second-order valence-electron chi connectivity index (χ2n) is 5.16. The number of hydrogen-bond acceptors (Lipinski definition) is 1. The van der Waals surface area contributed by atoms with Gasteiger partial charge in [-0.15, -0.1) is 0 Å². The van der Waals surface area contributed by atoms with E-state index in [1.807, 2.05) is 6.33 Å². The zero-order chi connectivity index (χ0) is 11.5. The van der Waals surface area contributed by atoms with Gasteiger partial charge >= 0.3 is 0 Å². The Morgan fingerprint density at radius 2 is 2.12 bits per heavy atom. The summed E-state index contributed by atoms with van der Waals surface area (Å²) in [5, 5.41) is 1.08. The van der Waals surface area contributed by atoms with E-state index in [-0.39, 0.29) is 0 Å². The Morgan fingerprint density at radius 3 is 2.81 bits per heavy atom. The van der Waals surface area contributed by atoms with Gasteiger partial charge in [0.25, 0.3) is 0 Å². The van der Waals surface area contributed by atoms with Gasteiger partial charge < -0.3 is 4.57 Å². The van der Waals surface area contributed by atoms with Crippen LogP contribution in [0.5, 0.6) is 0 Å². The maximum atomic E-state index is 4.55. The molecule has 1 aromatic rings. The Balaban J connectivity index is 2.12. The van der Waals surface area contributed by atoms with Crippen LogP contribution in [0.1, 0.15) is 38.1 Å². The van der Waals surface area contributed by atoms with E-state index in [9.17, 15) is 0 Å². The molecule has 1 atom stereocenters. The Labute approximate surface area is 107 Å². The van der Waals surface area contributed by atoms with Crippen molar-refractivity contribution in [1.82, 2.24) is 9.55 Å². The first-order valence-corrected chi connectivity index (χ1v) is 7.43. The number of aromatic nitrogens is 2. The summed E-state index contributed by atoms with van der Waals surface area (Å²) in [6.07, 6.45) is 7.11. The van der Waals surface area contributed by atoms with Gasteiger partial charge in [-0.3, -0.25) is 0 Å². The maximum absolute atomic E-state index is 4.55. The molecule has 0 saturated heterocycles. The third-order valence-corrected chi connectivity index (χ3v) is 4.51. The molecule has 90 valence electrons. The SMILES string of the molecule is CC(C)C(CBr)Cn1cnc2c1CCCC2. The molecule has 0 spiro atoms. The smallest absolute Gasteiger partial charge is 0.0951 e. The average Bonchev–Trinajstić information content (AvgIpc) is 2.69. The summed E-state index contributed by atoms with van der Waals surface area (Å²) in [7, 11) is 0. The lowest BCUT2D eigenvalue weighted by molar-refractivity contribution is 0.367. The van der Waals surface area contributed by atoms with E-state index in [1.165, 1.54) is 37.1 Å². The van der Waals surface area contributed by atoms with Crippen molar-refractivity contribution in [3.63, 3.8) is 0 Å². The number of aryl methyl sites for hydroxylation is 1. The second kappa shape index (κ2) is 5.35. The number of imidazole rings is 1. The number of fused-ring (bicyclic) bond motifs is 1. The van der Waals surface area contributed by atoms with E-state index in [4.69, 9.17) is 0 Å². The molecule has 0 bridgehead atoms. The molecule has 0 amide bonds. The van der Waals surface area contributed by atoms with E-state index < -0.39 is 0 Å². The minimum Gasteiger partial charge on any atom is -0.334 e. The second-order valence-corrected chi connectivity index (χ2v) is 5.80. The van der Waals surface area contributed by atoms with Gasteiger partial charge in [0.2, 0.25) is 0 Å². The predicted octanol–water partition coefficient (Wildman–Crippen LogP) is 3.43. The number of halogens is 1. The summed E-state index contributed by atoms with van der Waals surface area (Å²) in [6, 6.07) is 0. The molecule has 0 radical (unpaired) electrons. The van der Waals surface area contributed by atoms with Gasteiger partial charge in [-0.05, 0) is 37.5 Å². The predicted molar refractivity (Wildman–Crippen MR) is 71.0 cm³/mol. The van der Waals surface area contributed by atoms with Gasteiger partial charge in [0.15, 0.2) is 0 Å². The summed E-state index contributed by atoms with van der Waals surface area (Å²) in [5.74, 6) is 1.43. The molecule has 1 aliphatic rings. The Morgan fingerprint density at radius 1 is 1.38 bits per heavy atom.